The predicted molar refractivity (Wildman–Crippen MR) is 83.2 cm³/mol. The largest absolute Gasteiger partial charge is 0.460 e. The van der Waals surface area contributed by atoms with Gasteiger partial charge >= 0.3 is 0 Å². The van der Waals surface area contributed by atoms with E-state index < -0.39 is 0 Å². The Morgan fingerprint density at radius 3 is 2.53 bits per heavy atom. The molecular weight excluding hydrogens is 302 g/mol. The minimum atomic E-state index is 0.0984. The highest BCUT2D eigenvalue weighted by molar-refractivity contribution is 9.10. The molecule has 3 heteroatoms. The fourth-order valence-corrected chi connectivity index (χ4v) is 2.02. The second-order valence-corrected chi connectivity index (χ2v) is 6.69. The highest BCUT2D eigenvalue weighted by Crippen LogP contribution is 2.26. The van der Waals surface area contributed by atoms with Crippen LogP contribution in [0.3, 0.4) is 0 Å². The summed E-state index contributed by atoms with van der Waals surface area (Å²) in [6.07, 6.45) is 0. The Kier molecular flexibility index (Phi) is 4.16. The summed E-state index contributed by atoms with van der Waals surface area (Å²) in [4.78, 5) is 0. The smallest absolute Gasteiger partial charge is 0.134 e. The monoisotopic (exact) mass is 321 g/mol. The van der Waals surface area contributed by atoms with Crippen LogP contribution in [-0.4, -0.2) is 5.54 Å². The molecule has 1 aromatic carbocycles. The molecule has 1 heterocycles. The molecule has 0 aliphatic heterocycles. The Morgan fingerprint density at radius 2 is 1.89 bits per heavy atom. The van der Waals surface area contributed by atoms with Crippen molar-refractivity contribution in [2.75, 3.05) is 0 Å². The second-order valence-electron chi connectivity index (χ2n) is 5.83. The zero-order chi connectivity index (χ0) is 14.0. The van der Waals surface area contributed by atoms with Gasteiger partial charge in [0.25, 0.3) is 0 Å². The zero-order valence-corrected chi connectivity index (χ0v) is 13.5. The summed E-state index contributed by atoms with van der Waals surface area (Å²) in [6.45, 7) is 9.27. The van der Waals surface area contributed by atoms with Crippen molar-refractivity contribution in [2.24, 2.45) is 0 Å². The van der Waals surface area contributed by atoms with Crippen molar-refractivity contribution in [3.63, 3.8) is 0 Å². The third-order valence-corrected chi connectivity index (χ3v) is 3.79. The lowest BCUT2D eigenvalue weighted by Gasteiger charge is -2.19. The molecule has 2 aromatic rings. The summed E-state index contributed by atoms with van der Waals surface area (Å²) in [5.41, 5.74) is 2.42. The average molecular weight is 322 g/mol. The number of nitrogens with one attached hydrogen (secondary N) is 1. The molecule has 0 atom stereocenters. The molecule has 1 aromatic heterocycles. The van der Waals surface area contributed by atoms with Gasteiger partial charge in [0.05, 0.1) is 6.54 Å². The Hall–Kier alpha value is -1.06. The van der Waals surface area contributed by atoms with Crippen molar-refractivity contribution < 1.29 is 4.42 Å². The Balaban J connectivity index is 2.14. The number of halogens is 1. The minimum Gasteiger partial charge on any atom is -0.460 e. The van der Waals surface area contributed by atoms with Gasteiger partial charge in [-0.15, -0.1) is 0 Å². The molecular formula is C16H20BrNO. The van der Waals surface area contributed by atoms with Gasteiger partial charge in [-0.1, -0.05) is 22.0 Å². The molecule has 0 amide bonds. The van der Waals surface area contributed by atoms with Crippen molar-refractivity contribution in [1.29, 1.82) is 0 Å². The summed E-state index contributed by atoms with van der Waals surface area (Å²) in [6, 6.07) is 10.3. The van der Waals surface area contributed by atoms with E-state index in [-0.39, 0.29) is 5.54 Å². The van der Waals surface area contributed by atoms with Crippen molar-refractivity contribution in [2.45, 2.75) is 39.8 Å². The van der Waals surface area contributed by atoms with Crippen molar-refractivity contribution in [3.8, 4) is 11.3 Å². The van der Waals surface area contributed by atoms with E-state index in [9.17, 15) is 0 Å². The molecule has 2 rings (SSSR count). The van der Waals surface area contributed by atoms with E-state index in [0.29, 0.717) is 0 Å². The predicted octanol–water partition coefficient (Wildman–Crippen LogP) is 4.91. The van der Waals surface area contributed by atoms with E-state index in [2.05, 4.69) is 67.1 Å². The first kappa shape index (κ1) is 14.4. The minimum absolute atomic E-state index is 0.0984. The molecule has 1 N–H and O–H groups in total. The summed E-state index contributed by atoms with van der Waals surface area (Å²) >= 11 is 3.51. The van der Waals surface area contributed by atoms with Crippen LogP contribution in [0, 0.1) is 6.92 Å². The van der Waals surface area contributed by atoms with Gasteiger partial charge in [0, 0.05) is 15.6 Å². The summed E-state index contributed by atoms with van der Waals surface area (Å²) in [5, 5.41) is 3.42. The molecule has 0 saturated carbocycles. The quantitative estimate of drug-likeness (QED) is 0.869. The lowest BCUT2D eigenvalue weighted by molar-refractivity contribution is 0.391. The molecule has 0 aliphatic rings. The third kappa shape index (κ3) is 3.95. The fraction of sp³-hybridized carbons (Fsp3) is 0.375. The van der Waals surface area contributed by atoms with Gasteiger partial charge in [-0.25, -0.2) is 0 Å². The second kappa shape index (κ2) is 5.51. The molecule has 0 radical (unpaired) electrons. The number of benzene rings is 1. The van der Waals surface area contributed by atoms with Crippen molar-refractivity contribution in [3.05, 3.63) is 46.1 Å². The SMILES string of the molecule is Cc1cc(-c2ccc(CNC(C)(C)C)o2)ccc1Br. The van der Waals surface area contributed by atoms with Crippen LogP contribution in [0.1, 0.15) is 32.1 Å². The number of aryl methyl sites for hydroxylation is 1. The molecule has 2 nitrogen and oxygen atoms in total. The topological polar surface area (TPSA) is 25.2 Å². The number of hydrogen-bond donors (Lipinski definition) is 1. The van der Waals surface area contributed by atoms with E-state index >= 15 is 0 Å². The molecule has 0 saturated heterocycles. The Labute approximate surface area is 123 Å². The third-order valence-electron chi connectivity index (χ3n) is 2.90. The van der Waals surface area contributed by atoms with Crippen LogP contribution < -0.4 is 5.32 Å². The van der Waals surface area contributed by atoms with E-state index in [1.54, 1.807) is 0 Å². The average Bonchev–Trinajstić information content (AvgIpc) is 2.78. The van der Waals surface area contributed by atoms with Crippen LogP contribution in [0.2, 0.25) is 0 Å². The van der Waals surface area contributed by atoms with Crippen LogP contribution >= 0.6 is 15.9 Å². The van der Waals surface area contributed by atoms with Crippen LogP contribution in [0.25, 0.3) is 11.3 Å². The van der Waals surface area contributed by atoms with Crippen molar-refractivity contribution in [1.82, 2.24) is 5.32 Å². The highest BCUT2D eigenvalue weighted by atomic mass is 79.9. The zero-order valence-electron chi connectivity index (χ0n) is 11.9. The number of rotatable bonds is 3. The molecule has 0 unspecified atom stereocenters. The number of furan rings is 1. The van der Waals surface area contributed by atoms with E-state index in [4.69, 9.17) is 4.42 Å². The van der Waals surface area contributed by atoms with Gasteiger partial charge in [-0.3, -0.25) is 0 Å². The summed E-state index contributed by atoms with van der Waals surface area (Å²) in [5.74, 6) is 1.88. The van der Waals surface area contributed by atoms with Crippen LogP contribution in [0.4, 0.5) is 0 Å². The standard InChI is InChI=1S/C16H20BrNO/c1-11-9-12(5-7-14(11)17)15-8-6-13(19-15)10-18-16(2,3)4/h5-9,18H,10H2,1-4H3. The number of hydrogen-bond acceptors (Lipinski definition) is 2. The maximum Gasteiger partial charge on any atom is 0.134 e. The van der Waals surface area contributed by atoms with E-state index in [1.807, 2.05) is 12.1 Å². The Bertz CT molecular complexity index is 566. The maximum absolute atomic E-state index is 5.88. The fourth-order valence-electron chi connectivity index (χ4n) is 1.78. The molecule has 19 heavy (non-hydrogen) atoms. The molecule has 102 valence electrons. The van der Waals surface area contributed by atoms with E-state index in [0.717, 1.165) is 28.1 Å². The van der Waals surface area contributed by atoms with Crippen LogP contribution in [0.15, 0.2) is 39.2 Å². The summed E-state index contributed by atoms with van der Waals surface area (Å²) < 4.78 is 7.00. The highest BCUT2D eigenvalue weighted by Gasteiger charge is 2.11. The normalized spacial score (nSPS) is 11.8. The first-order valence-corrected chi connectivity index (χ1v) is 7.25. The van der Waals surface area contributed by atoms with Crippen LogP contribution in [0.5, 0.6) is 0 Å². The van der Waals surface area contributed by atoms with Gasteiger partial charge in [-0.05, 0) is 57.5 Å². The molecule has 0 spiro atoms. The molecule has 0 aliphatic carbocycles. The molecule has 0 bridgehead atoms. The first-order valence-electron chi connectivity index (χ1n) is 6.45. The lowest BCUT2D eigenvalue weighted by atomic mass is 10.1. The summed E-state index contributed by atoms with van der Waals surface area (Å²) in [7, 11) is 0. The first-order chi connectivity index (χ1) is 8.85. The van der Waals surface area contributed by atoms with Gasteiger partial charge < -0.3 is 9.73 Å². The maximum atomic E-state index is 5.88. The van der Waals surface area contributed by atoms with Gasteiger partial charge in [0.2, 0.25) is 0 Å². The van der Waals surface area contributed by atoms with Crippen molar-refractivity contribution >= 4 is 15.9 Å². The molecule has 0 fully saturated rings. The lowest BCUT2D eigenvalue weighted by Crippen LogP contribution is -2.34. The Morgan fingerprint density at radius 1 is 1.16 bits per heavy atom. The van der Waals surface area contributed by atoms with Gasteiger partial charge in [0.15, 0.2) is 0 Å². The van der Waals surface area contributed by atoms with Gasteiger partial charge in [0.1, 0.15) is 11.5 Å². The van der Waals surface area contributed by atoms with E-state index in [1.165, 1.54) is 5.56 Å². The van der Waals surface area contributed by atoms with Crippen LogP contribution in [-0.2, 0) is 6.54 Å². The van der Waals surface area contributed by atoms with Gasteiger partial charge in [-0.2, -0.15) is 0 Å².